The second-order valence-corrected chi connectivity index (χ2v) is 3.20. The second kappa shape index (κ2) is 4.17. The third-order valence-corrected chi connectivity index (χ3v) is 2.16. The number of aryl methyl sites for hydroxylation is 2. The van der Waals surface area contributed by atoms with E-state index in [0.717, 1.165) is 12.8 Å². The van der Waals surface area contributed by atoms with E-state index in [-0.39, 0.29) is 5.75 Å². The van der Waals surface area contributed by atoms with E-state index in [4.69, 9.17) is 4.74 Å². The highest BCUT2D eigenvalue weighted by Crippen LogP contribution is 2.29. The molecule has 2 heteroatoms. The van der Waals surface area contributed by atoms with Crippen molar-refractivity contribution in [1.29, 1.82) is 0 Å². The highest BCUT2D eigenvalue weighted by atomic mass is 16.5. The molecule has 1 aromatic carbocycles. The molecule has 0 aliphatic carbocycles. The molecule has 0 radical (unpaired) electrons. The highest BCUT2D eigenvalue weighted by molar-refractivity contribution is 5.46. The van der Waals surface area contributed by atoms with E-state index in [1.54, 1.807) is 13.2 Å². The van der Waals surface area contributed by atoms with Crippen molar-refractivity contribution in [2.45, 2.75) is 26.7 Å². The van der Waals surface area contributed by atoms with Gasteiger partial charge in [0.1, 0.15) is 0 Å². The summed E-state index contributed by atoms with van der Waals surface area (Å²) in [5.74, 6) is 0.786. The topological polar surface area (TPSA) is 29.5 Å². The molecule has 0 atom stereocenters. The summed E-state index contributed by atoms with van der Waals surface area (Å²) in [6.07, 6.45) is 2.09. The molecule has 0 unspecified atom stereocenters. The molecular formula is C11H16O2. The molecule has 0 bridgehead atoms. The first-order chi connectivity index (χ1) is 6.19. The molecule has 0 amide bonds. The van der Waals surface area contributed by atoms with Crippen molar-refractivity contribution in [3.63, 3.8) is 0 Å². The predicted octanol–water partition coefficient (Wildman–Crippen LogP) is 2.66. The van der Waals surface area contributed by atoms with Gasteiger partial charge in [-0.05, 0) is 36.6 Å². The molecule has 0 heterocycles. The largest absolute Gasteiger partial charge is 0.504 e. The lowest BCUT2D eigenvalue weighted by Crippen LogP contribution is -1.91. The fourth-order valence-electron chi connectivity index (χ4n) is 1.42. The summed E-state index contributed by atoms with van der Waals surface area (Å²) in [6.45, 7) is 4.16. The zero-order valence-corrected chi connectivity index (χ0v) is 8.42. The van der Waals surface area contributed by atoms with Crippen LogP contribution in [0.3, 0.4) is 0 Å². The third-order valence-electron chi connectivity index (χ3n) is 2.16. The monoisotopic (exact) mass is 180 g/mol. The van der Waals surface area contributed by atoms with Crippen molar-refractivity contribution in [3.8, 4) is 11.5 Å². The van der Waals surface area contributed by atoms with E-state index in [1.807, 2.05) is 13.0 Å². The van der Waals surface area contributed by atoms with Gasteiger partial charge in [-0.15, -0.1) is 0 Å². The number of phenols is 1. The normalized spacial score (nSPS) is 10.1. The summed E-state index contributed by atoms with van der Waals surface area (Å²) in [5.41, 5.74) is 2.37. The van der Waals surface area contributed by atoms with E-state index < -0.39 is 0 Å². The van der Waals surface area contributed by atoms with Crippen LogP contribution >= 0.6 is 0 Å². The van der Waals surface area contributed by atoms with Crippen LogP contribution in [0, 0.1) is 6.92 Å². The summed E-state index contributed by atoms with van der Waals surface area (Å²) in [6, 6.07) is 3.66. The maximum Gasteiger partial charge on any atom is 0.160 e. The number of aromatic hydroxyl groups is 1. The molecule has 0 aromatic heterocycles. The Balaban J connectivity index is 3.05. The van der Waals surface area contributed by atoms with Crippen LogP contribution in [-0.4, -0.2) is 12.2 Å². The molecule has 13 heavy (non-hydrogen) atoms. The molecule has 0 fully saturated rings. The van der Waals surface area contributed by atoms with Crippen LogP contribution in [0.1, 0.15) is 24.5 Å². The minimum Gasteiger partial charge on any atom is -0.504 e. The Morgan fingerprint density at radius 1 is 1.38 bits per heavy atom. The van der Waals surface area contributed by atoms with Gasteiger partial charge in [0.2, 0.25) is 0 Å². The number of methoxy groups -OCH3 is 1. The number of ether oxygens (including phenoxy) is 1. The Hall–Kier alpha value is -1.18. The molecule has 0 spiro atoms. The summed E-state index contributed by atoms with van der Waals surface area (Å²) in [4.78, 5) is 0. The first kappa shape index (κ1) is 9.90. The number of hydrogen-bond acceptors (Lipinski definition) is 2. The van der Waals surface area contributed by atoms with Crippen molar-refractivity contribution < 1.29 is 9.84 Å². The van der Waals surface area contributed by atoms with Gasteiger partial charge in [-0.25, -0.2) is 0 Å². The second-order valence-electron chi connectivity index (χ2n) is 3.20. The average molecular weight is 180 g/mol. The van der Waals surface area contributed by atoms with Gasteiger partial charge >= 0.3 is 0 Å². The van der Waals surface area contributed by atoms with E-state index >= 15 is 0 Å². The molecule has 0 aliphatic rings. The highest BCUT2D eigenvalue weighted by Gasteiger charge is 2.05. The number of benzene rings is 1. The van der Waals surface area contributed by atoms with E-state index in [2.05, 4.69) is 6.92 Å². The maximum atomic E-state index is 9.52. The smallest absolute Gasteiger partial charge is 0.160 e. The van der Waals surface area contributed by atoms with Gasteiger partial charge in [-0.2, -0.15) is 0 Å². The first-order valence-electron chi connectivity index (χ1n) is 4.55. The van der Waals surface area contributed by atoms with Gasteiger partial charge in [0.05, 0.1) is 7.11 Å². The van der Waals surface area contributed by atoms with Crippen LogP contribution in [0.15, 0.2) is 12.1 Å². The standard InChI is InChI=1S/C11H16O2/c1-4-5-9-7-10(12)11(13-3)6-8(9)2/h6-7,12H,4-5H2,1-3H3. The van der Waals surface area contributed by atoms with E-state index in [9.17, 15) is 5.11 Å². The van der Waals surface area contributed by atoms with Gasteiger partial charge in [0.15, 0.2) is 11.5 Å². The fraction of sp³-hybridized carbons (Fsp3) is 0.455. The van der Waals surface area contributed by atoms with Crippen LogP contribution in [0.5, 0.6) is 11.5 Å². The zero-order valence-electron chi connectivity index (χ0n) is 8.42. The number of rotatable bonds is 3. The molecule has 1 aromatic rings. The van der Waals surface area contributed by atoms with E-state index in [1.165, 1.54) is 11.1 Å². The Morgan fingerprint density at radius 2 is 2.08 bits per heavy atom. The van der Waals surface area contributed by atoms with Crippen LogP contribution < -0.4 is 4.74 Å². The minimum atomic E-state index is 0.233. The Labute approximate surface area is 79.2 Å². The van der Waals surface area contributed by atoms with Crippen molar-refractivity contribution in [1.82, 2.24) is 0 Å². The summed E-state index contributed by atoms with van der Waals surface area (Å²) < 4.78 is 5.01. The third kappa shape index (κ3) is 2.14. The molecule has 0 saturated heterocycles. The van der Waals surface area contributed by atoms with Crippen LogP contribution in [0.25, 0.3) is 0 Å². The van der Waals surface area contributed by atoms with Crippen molar-refractivity contribution in [2.24, 2.45) is 0 Å². The molecule has 1 rings (SSSR count). The van der Waals surface area contributed by atoms with Crippen molar-refractivity contribution >= 4 is 0 Å². The number of phenolic OH excluding ortho intramolecular Hbond substituents is 1. The van der Waals surface area contributed by atoms with Gasteiger partial charge in [0, 0.05) is 0 Å². The Kier molecular flexibility index (Phi) is 3.18. The minimum absolute atomic E-state index is 0.233. The van der Waals surface area contributed by atoms with Crippen LogP contribution in [0.4, 0.5) is 0 Å². The lowest BCUT2D eigenvalue weighted by molar-refractivity contribution is 0.372. The van der Waals surface area contributed by atoms with E-state index in [0.29, 0.717) is 5.75 Å². The maximum absolute atomic E-state index is 9.52. The zero-order chi connectivity index (χ0) is 9.84. The van der Waals surface area contributed by atoms with Crippen molar-refractivity contribution in [2.75, 3.05) is 7.11 Å². The number of hydrogen-bond donors (Lipinski definition) is 1. The van der Waals surface area contributed by atoms with Crippen molar-refractivity contribution in [3.05, 3.63) is 23.3 Å². The molecule has 0 aliphatic heterocycles. The van der Waals surface area contributed by atoms with Gasteiger partial charge in [0.25, 0.3) is 0 Å². The average Bonchev–Trinajstić information content (AvgIpc) is 2.11. The molecule has 72 valence electrons. The summed E-state index contributed by atoms with van der Waals surface area (Å²) in [5, 5.41) is 9.52. The van der Waals surface area contributed by atoms with Crippen LogP contribution in [0.2, 0.25) is 0 Å². The molecule has 1 N–H and O–H groups in total. The summed E-state index contributed by atoms with van der Waals surface area (Å²) >= 11 is 0. The van der Waals surface area contributed by atoms with Gasteiger partial charge in [-0.1, -0.05) is 13.3 Å². The first-order valence-corrected chi connectivity index (χ1v) is 4.55. The Morgan fingerprint density at radius 3 is 2.62 bits per heavy atom. The fourth-order valence-corrected chi connectivity index (χ4v) is 1.42. The lowest BCUT2D eigenvalue weighted by atomic mass is 10.0. The Bertz CT molecular complexity index is 292. The molecular weight excluding hydrogens is 164 g/mol. The lowest BCUT2D eigenvalue weighted by Gasteiger charge is -2.09. The SMILES string of the molecule is CCCc1cc(O)c(OC)cc1C. The molecule has 2 nitrogen and oxygen atoms in total. The summed E-state index contributed by atoms with van der Waals surface area (Å²) in [7, 11) is 1.56. The van der Waals surface area contributed by atoms with Gasteiger partial charge in [-0.3, -0.25) is 0 Å². The van der Waals surface area contributed by atoms with Crippen LogP contribution in [-0.2, 0) is 6.42 Å². The van der Waals surface area contributed by atoms with Gasteiger partial charge < -0.3 is 9.84 Å². The molecule has 0 saturated carbocycles. The quantitative estimate of drug-likeness (QED) is 0.774. The predicted molar refractivity (Wildman–Crippen MR) is 53.4 cm³/mol.